The fourth-order valence-corrected chi connectivity index (χ4v) is 4.69. The molecule has 0 amide bonds. The molecule has 0 saturated heterocycles. The van der Waals surface area contributed by atoms with E-state index in [1.54, 1.807) is 34.6 Å². The number of carboxylic acids is 1. The molecule has 8 heteroatoms. The summed E-state index contributed by atoms with van der Waals surface area (Å²) in [4.78, 5) is 11.5. The molecule has 2 atom stereocenters. The van der Waals surface area contributed by atoms with Crippen LogP contribution in [0.4, 0.5) is 13.2 Å². The van der Waals surface area contributed by atoms with Gasteiger partial charge < -0.3 is 9.66 Å². The maximum atomic E-state index is 15.9. The van der Waals surface area contributed by atoms with Gasteiger partial charge in [-0.15, -0.1) is 4.72 Å². The number of carboxylic acid groups (broad SMARTS) is 1. The number of benzene rings is 2. The number of hydrogen-bond donors (Lipinski definition) is 2. The third-order valence-electron chi connectivity index (χ3n) is 5.58. The highest BCUT2D eigenvalue weighted by Crippen LogP contribution is 2.46. The fourth-order valence-electron chi connectivity index (χ4n) is 3.88. The van der Waals surface area contributed by atoms with E-state index in [1.165, 1.54) is 18.2 Å². The molecule has 1 aliphatic rings. The Bertz CT molecular complexity index is 1020. The van der Waals surface area contributed by atoms with Crippen LogP contribution < -0.4 is 4.72 Å². The molecular weight excluding hydrogens is 439 g/mol. The first-order valence-corrected chi connectivity index (χ1v) is 11.6. The normalized spacial score (nSPS) is 16.2. The van der Waals surface area contributed by atoms with Crippen molar-refractivity contribution in [2.24, 2.45) is 0 Å². The Morgan fingerprint density at radius 3 is 2.19 bits per heavy atom. The van der Waals surface area contributed by atoms with Gasteiger partial charge in [0.2, 0.25) is 0 Å². The second-order valence-electron chi connectivity index (χ2n) is 9.39. The zero-order chi connectivity index (χ0) is 24.0. The van der Waals surface area contributed by atoms with Crippen molar-refractivity contribution in [1.29, 1.82) is 0 Å². The number of nitrogens with one attached hydrogen (secondary N) is 1. The minimum Gasteiger partial charge on any atom is -0.598 e. The van der Waals surface area contributed by atoms with Crippen LogP contribution in [0, 0.1) is 31.3 Å². The van der Waals surface area contributed by atoms with E-state index in [0.29, 0.717) is 22.3 Å². The molecule has 0 aromatic heterocycles. The summed E-state index contributed by atoms with van der Waals surface area (Å²) in [7, 11) is 0. The lowest BCUT2D eigenvalue weighted by atomic mass is 9.88. The molecule has 0 aliphatic heterocycles. The van der Waals surface area contributed by atoms with E-state index in [2.05, 4.69) is 4.72 Å². The van der Waals surface area contributed by atoms with E-state index in [0.717, 1.165) is 12.8 Å². The Kier molecular flexibility index (Phi) is 6.98. The monoisotopic (exact) mass is 467 g/mol. The first-order chi connectivity index (χ1) is 14.8. The van der Waals surface area contributed by atoms with Crippen LogP contribution in [0.5, 0.6) is 0 Å². The molecule has 1 fully saturated rings. The van der Waals surface area contributed by atoms with Gasteiger partial charge in [0, 0.05) is 22.5 Å². The number of rotatable bonds is 7. The Hall–Kier alpha value is -2.03. The van der Waals surface area contributed by atoms with Gasteiger partial charge in [-0.05, 0) is 93.8 Å². The molecule has 0 bridgehead atoms. The van der Waals surface area contributed by atoms with Crippen LogP contribution in [-0.4, -0.2) is 20.4 Å². The lowest BCUT2D eigenvalue weighted by molar-refractivity contribution is -0.137. The molecule has 1 saturated carbocycles. The number of carbonyl (C=O) groups is 1. The van der Waals surface area contributed by atoms with Crippen LogP contribution in [0.3, 0.4) is 0 Å². The van der Waals surface area contributed by atoms with Gasteiger partial charge in [-0.2, -0.15) is 0 Å². The molecule has 174 valence electrons. The summed E-state index contributed by atoms with van der Waals surface area (Å²) in [5.74, 6) is -3.56. The molecule has 2 N–H and O–H groups in total. The zero-order valence-electron chi connectivity index (χ0n) is 18.8. The van der Waals surface area contributed by atoms with Gasteiger partial charge in [0.1, 0.15) is 22.2 Å². The molecule has 0 spiro atoms. The Morgan fingerprint density at radius 2 is 1.72 bits per heavy atom. The summed E-state index contributed by atoms with van der Waals surface area (Å²) in [6.45, 7) is 8.33. The zero-order valence-corrected chi connectivity index (χ0v) is 19.6. The lowest BCUT2D eigenvalue weighted by Crippen LogP contribution is -2.42. The van der Waals surface area contributed by atoms with Gasteiger partial charge in [0.25, 0.3) is 0 Å². The predicted octanol–water partition coefficient (Wildman–Crippen LogP) is 5.83. The van der Waals surface area contributed by atoms with Crippen LogP contribution in [0.15, 0.2) is 18.2 Å². The topological polar surface area (TPSA) is 72.4 Å². The molecule has 1 aliphatic carbocycles. The van der Waals surface area contributed by atoms with Crippen molar-refractivity contribution in [2.45, 2.75) is 70.6 Å². The van der Waals surface area contributed by atoms with E-state index in [9.17, 15) is 18.8 Å². The first kappa shape index (κ1) is 24.6. The molecular formula is C24H28F3NO3S. The molecule has 1 unspecified atom stereocenters. The maximum Gasteiger partial charge on any atom is 0.305 e. The third-order valence-corrected chi connectivity index (χ3v) is 7.19. The van der Waals surface area contributed by atoms with Gasteiger partial charge >= 0.3 is 5.97 Å². The van der Waals surface area contributed by atoms with E-state index >= 15 is 8.78 Å². The number of aryl methyl sites for hydroxylation is 2. The summed E-state index contributed by atoms with van der Waals surface area (Å²) in [5.41, 5.74) is 1.38. The molecule has 0 radical (unpaired) electrons. The Morgan fingerprint density at radius 1 is 1.16 bits per heavy atom. The number of halogens is 3. The highest BCUT2D eigenvalue weighted by atomic mass is 32.2. The third kappa shape index (κ3) is 5.13. The van der Waals surface area contributed by atoms with Crippen LogP contribution in [0.1, 0.15) is 74.2 Å². The van der Waals surface area contributed by atoms with E-state index in [4.69, 9.17) is 0 Å². The summed E-state index contributed by atoms with van der Waals surface area (Å²) in [5, 5.41) is 9.41. The SMILES string of the molecule is Cc1cc(F)cc(C)c1-c1cc(C2CC2)c(F)c(C(CC(=O)O)N[S@+]([O-])C(C)(C)C)c1F. The molecule has 2 aromatic rings. The van der Waals surface area contributed by atoms with Crippen LogP contribution in [-0.2, 0) is 16.2 Å². The van der Waals surface area contributed by atoms with Gasteiger partial charge in [-0.25, -0.2) is 13.2 Å². The second kappa shape index (κ2) is 9.08. The van der Waals surface area contributed by atoms with Crippen LogP contribution in [0.2, 0.25) is 0 Å². The molecule has 32 heavy (non-hydrogen) atoms. The van der Waals surface area contributed by atoms with Gasteiger partial charge in [-0.3, -0.25) is 4.79 Å². The highest BCUT2D eigenvalue weighted by Gasteiger charge is 2.37. The second-order valence-corrected chi connectivity index (χ2v) is 11.4. The number of aliphatic carboxylic acids is 1. The van der Waals surface area contributed by atoms with Gasteiger partial charge in [-0.1, -0.05) is 0 Å². The average molecular weight is 468 g/mol. The molecule has 0 heterocycles. The van der Waals surface area contributed by atoms with Crippen LogP contribution >= 0.6 is 0 Å². The van der Waals surface area contributed by atoms with Crippen molar-refractivity contribution in [3.8, 4) is 11.1 Å². The quantitative estimate of drug-likeness (QED) is 0.503. The van der Waals surface area contributed by atoms with Crippen molar-refractivity contribution in [2.75, 3.05) is 0 Å². The first-order valence-electron chi connectivity index (χ1n) is 10.5. The predicted molar refractivity (Wildman–Crippen MR) is 119 cm³/mol. The Labute approximate surface area is 189 Å². The lowest BCUT2D eigenvalue weighted by Gasteiger charge is -2.29. The smallest absolute Gasteiger partial charge is 0.305 e. The maximum absolute atomic E-state index is 15.9. The highest BCUT2D eigenvalue weighted by molar-refractivity contribution is 7.90. The molecule has 2 aromatic carbocycles. The van der Waals surface area contributed by atoms with E-state index < -0.39 is 57.6 Å². The van der Waals surface area contributed by atoms with Crippen molar-refractivity contribution >= 4 is 17.3 Å². The standard InChI is InChI=1S/C24H28F3NO3S/c1-12-8-15(25)9-13(2)20(12)17-10-16(14-6-7-14)22(26)21(23(17)27)18(11-19(29)30)28-32(31)24(3,4)5/h8-10,14,18,28H,6-7,11H2,1-5H3,(H,29,30)/t18?,32-/m1/s1. The van der Waals surface area contributed by atoms with Crippen molar-refractivity contribution in [1.82, 2.24) is 4.72 Å². The van der Waals surface area contributed by atoms with Crippen molar-refractivity contribution < 1.29 is 27.6 Å². The number of hydrogen-bond acceptors (Lipinski definition) is 3. The molecule has 4 nitrogen and oxygen atoms in total. The summed E-state index contributed by atoms with van der Waals surface area (Å²) in [6.07, 6.45) is 0.839. The van der Waals surface area contributed by atoms with Crippen molar-refractivity contribution in [3.05, 3.63) is 57.9 Å². The van der Waals surface area contributed by atoms with Crippen molar-refractivity contribution in [3.63, 3.8) is 0 Å². The molecule has 3 rings (SSSR count). The van der Waals surface area contributed by atoms with Crippen LogP contribution in [0.25, 0.3) is 11.1 Å². The average Bonchev–Trinajstić information content (AvgIpc) is 3.46. The minimum atomic E-state index is -1.76. The summed E-state index contributed by atoms with van der Waals surface area (Å²) in [6, 6.07) is 2.68. The Balaban J connectivity index is 2.25. The summed E-state index contributed by atoms with van der Waals surface area (Å²) < 4.78 is 59.9. The van der Waals surface area contributed by atoms with E-state index in [1.807, 2.05) is 0 Å². The van der Waals surface area contributed by atoms with Gasteiger partial charge in [0.15, 0.2) is 0 Å². The summed E-state index contributed by atoms with van der Waals surface area (Å²) >= 11 is -1.76. The van der Waals surface area contributed by atoms with E-state index in [-0.39, 0.29) is 11.5 Å². The van der Waals surface area contributed by atoms with Gasteiger partial charge in [0.05, 0.1) is 12.5 Å². The largest absolute Gasteiger partial charge is 0.598 e. The fraction of sp³-hybridized carbons (Fsp3) is 0.458. The minimum absolute atomic E-state index is 0.0900.